The quantitative estimate of drug-likeness (QED) is 0.595. The summed E-state index contributed by atoms with van der Waals surface area (Å²) in [5.74, 6) is 0.738. The monoisotopic (exact) mass is 446 g/mol. The lowest BCUT2D eigenvalue weighted by Gasteiger charge is -2.40. The van der Waals surface area contributed by atoms with Gasteiger partial charge in [-0.3, -0.25) is 0 Å². The molecule has 1 aliphatic heterocycles. The van der Waals surface area contributed by atoms with Crippen molar-refractivity contribution in [1.82, 2.24) is 9.97 Å². The highest BCUT2D eigenvalue weighted by Crippen LogP contribution is 2.39. The summed E-state index contributed by atoms with van der Waals surface area (Å²) in [7, 11) is 0. The zero-order chi connectivity index (χ0) is 21.9. The molecule has 0 aliphatic carbocycles. The van der Waals surface area contributed by atoms with Crippen LogP contribution < -0.4 is 4.90 Å². The first-order valence-corrected chi connectivity index (χ1v) is 11.2. The lowest BCUT2D eigenvalue weighted by atomic mass is 9.76. The van der Waals surface area contributed by atoms with E-state index in [-0.39, 0.29) is 17.2 Å². The Hall–Kier alpha value is -1.87. The molecular formula is C23H28Cl2N4O. The molecule has 0 atom stereocenters. The highest BCUT2D eigenvalue weighted by atomic mass is 35.5. The molecular weight excluding hydrogens is 419 g/mol. The number of anilines is 1. The van der Waals surface area contributed by atoms with Crippen LogP contribution in [0.15, 0.2) is 12.1 Å². The molecule has 0 spiro atoms. The first-order chi connectivity index (χ1) is 14.3. The van der Waals surface area contributed by atoms with E-state index in [1.54, 1.807) is 12.1 Å². The molecule has 0 amide bonds. The predicted octanol–water partition coefficient (Wildman–Crippen LogP) is 5.92. The summed E-state index contributed by atoms with van der Waals surface area (Å²) in [6, 6.07) is 5.41. The molecule has 0 radical (unpaired) electrons. The van der Waals surface area contributed by atoms with E-state index in [0.29, 0.717) is 33.1 Å². The summed E-state index contributed by atoms with van der Waals surface area (Å²) in [4.78, 5) is 11.7. The van der Waals surface area contributed by atoms with E-state index in [4.69, 9.17) is 33.2 Å². The standard InChI is InChI=1S/C23H28Cl2N4O/c1-4-5-8-23(3)9-11-29(12-10-23)22-19(14-30)28-21(15(2)27-22)16-6-7-18(24)17(13-26)20(16)25/h6-7,30H,4-5,8-12,14H2,1-3H3. The number of unbranched alkanes of at least 4 members (excludes halogenated alkanes) is 1. The summed E-state index contributed by atoms with van der Waals surface area (Å²) < 4.78 is 0. The number of hydrogen-bond donors (Lipinski definition) is 1. The van der Waals surface area contributed by atoms with Crippen LogP contribution >= 0.6 is 23.2 Å². The molecule has 1 fully saturated rings. The van der Waals surface area contributed by atoms with Crippen molar-refractivity contribution in [2.45, 2.75) is 59.5 Å². The van der Waals surface area contributed by atoms with Crippen LogP contribution in [-0.2, 0) is 6.61 Å². The molecule has 3 rings (SSSR count). The van der Waals surface area contributed by atoms with Gasteiger partial charge in [0.25, 0.3) is 0 Å². The molecule has 30 heavy (non-hydrogen) atoms. The fourth-order valence-corrected chi connectivity index (χ4v) is 4.65. The van der Waals surface area contributed by atoms with Gasteiger partial charge in [-0.2, -0.15) is 5.26 Å². The molecule has 7 heteroatoms. The van der Waals surface area contributed by atoms with Gasteiger partial charge in [0.2, 0.25) is 0 Å². The van der Waals surface area contributed by atoms with Crippen LogP contribution in [0, 0.1) is 23.7 Å². The van der Waals surface area contributed by atoms with Crippen LogP contribution in [0.2, 0.25) is 10.0 Å². The first-order valence-electron chi connectivity index (χ1n) is 10.5. The van der Waals surface area contributed by atoms with Crippen molar-refractivity contribution in [2.75, 3.05) is 18.0 Å². The van der Waals surface area contributed by atoms with Gasteiger partial charge in [0, 0.05) is 18.7 Å². The number of nitriles is 1. The molecule has 1 saturated heterocycles. The molecule has 1 aromatic heterocycles. The molecule has 1 aromatic carbocycles. The van der Waals surface area contributed by atoms with Gasteiger partial charge in [0.1, 0.15) is 11.8 Å². The number of aryl methyl sites for hydroxylation is 1. The molecule has 1 aliphatic rings. The van der Waals surface area contributed by atoms with Crippen molar-refractivity contribution in [3.8, 4) is 17.3 Å². The Balaban J connectivity index is 1.92. The molecule has 0 bridgehead atoms. The second kappa shape index (κ2) is 9.51. The molecule has 5 nitrogen and oxygen atoms in total. The van der Waals surface area contributed by atoms with Crippen molar-refractivity contribution in [3.63, 3.8) is 0 Å². The fraction of sp³-hybridized carbons (Fsp3) is 0.522. The number of hydrogen-bond acceptors (Lipinski definition) is 5. The summed E-state index contributed by atoms with van der Waals surface area (Å²) in [6.45, 7) is 8.08. The van der Waals surface area contributed by atoms with Crippen LogP contribution in [-0.4, -0.2) is 28.2 Å². The fourth-order valence-electron chi connectivity index (χ4n) is 4.11. The van der Waals surface area contributed by atoms with Gasteiger partial charge in [-0.25, -0.2) is 9.97 Å². The third-order valence-corrected chi connectivity index (χ3v) is 6.84. The molecule has 2 heterocycles. The number of aliphatic hydroxyl groups is 1. The molecule has 0 unspecified atom stereocenters. The third-order valence-electron chi connectivity index (χ3n) is 6.13. The number of rotatable bonds is 6. The highest BCUT2D eigenvalue weighted by molar-refractivity contribution is 6.38. The molecule has 160 valence electrons. The third kappa shape index (κ3) is 4.56. The topological polar surface area (TPSA) is 73.0 Å². The van der Waals surface area contributed by atoms with Gasteiger partial charge in [-0.05, 0) is 43.7 Å². The molecule has 2 aromatic rings. The summed E-state index contributed by atoms with van der Waals surface area (Å²) in [5.41, 5.74) is 2.97. The number of aliphatic hydroxyl groups excluding tert-OH is 1. The highest BCUT2D eigenvalue weighted by Gasteiger charge is 2.31. The number of piperidine rings is 1. The maximum atomic E-state index is 10.0. The van der Waals surface area contributed by atoms with Crippen LogP contribution in [0.5, 0.6) is 0 Å². The first kappa shape index (κ1) is 22.8. The van der Waals surface area contributed by atoms with E-state index < -0.39 is 0 Å². The van der Waals surface area contributed by atoms with Gasteiger partial charge >= 0.3 is 0 Å². The Morgan fingerprint density at radius 1 is 1.23 bits per heavy atom. The van der Waals surface area contributed by atoms with Crippen LogP contribution in [0.3, 0.4) is 0 Å². The average molecular weight is 447 g/mol. The van der Waals surface area contributed by atoms with Gasteiger partial charge in [-0.15, -0.1) is 0 Å². The van der Waals surface area contributed by atoms with E-state index in [2.05, 4.69) is 18.7 Å². The Morgan fingerprint density at radius 3 is 2.53 bits per heavy atom. The average Bonchev–Trinajstić information content (AvgIpc) is 2.74. The number of nitrogens with zero attached hydrogens (tertiary/aromatic N) is 4. The second-order valence-corrected chi connectivity index (χ2v) is 9.17. The Bertz CT molecular complexity index is 963. The number of benzene rings is 1. The molecule has 0 saturated carbocycles. The van der Waals surface area contributed by atoms with Gasteiger partial charge in [-0.1, -0.05) is 49.9 Å². The van der Waals surface area contributed by atoms with E-state index >= 15 is 0 Å². The van der Waals surface area contributed by atoms with E-state index in [9.17, 15) is 10.4 Å². The van der Waals surface area contributed by atoms with Crippen LogP contribution in [0.25, 0.3) is 11.3 Å². The predicted molar refractivity (Wildman–Crippen MR) is 122 cm³/mol. The maximum absolute atomic E-state index is 10.0. The molecule has 1 N–H and O–H groups in total. The van der Waals surface area contributed by atoms with E-state index in [1.165, 1.54) is 19.3 Å². The summed E-state index contributed by atoms with van der Waals surface area (Å²) in [6.07, 6.45) is 5.95. The normalized spacial score (nSPS) is 15.8. The number of aromatic nitrogens is 2. The van der Waals surface area contributed by atoms with Gasteiger partial charge < -0.3 is 10.0 Å². The van der Waals surface area contributed by atoms with Crippen molar-refractivity contribution >= 4 is 29.0 Å². The van der Waals surface area contributed by atoms with Crippen molar-refractivity contribution in [3.05, 3.63) is 39.1 Å². The summed E-state index contributed by atoms with van der Waals surface area (Å²) in [5, 5.41) is 19.9. The minimum Gasteiger partial charge on any atom is -0.390 e. The lowest BCUT2D eigenvalue weighted by molar-refractivity contribution is 0.220. The largest absolute Gasteiger partial charge is 0.390 e. The zero-order valence-corrected chi connectivity index (χ0v) is 19.3. The zero-order valence-electron chi connectivity index (χ0n) is 17.8. The van der Waals surface area contributed by atoms with Crippen LogP contribution in [0.1, 0.15) is 62.9 Å². The smallest absolute Gasteiger partial charge is 0.153 e. The number of halogens is 2. The summed E-state index contributed by atoms with van der Waals surface area (Å²) >= 11 is 12.5. The Morgan fingerprint density at radius 2 is 1.93 bits per heavy atom. The van der Waals surface area contributed by atoms with E-state index in [0.717, 1.165) is 31.7 Å². The Labute approximate surface area is 188 Å². The van der Waals surface area contributed by atoms with Crippen LogP contribution in [0.4, 0.5) is 5.82 Å². The second-order valence-electron chi connectivity index (χ2n) is 8.38. The van der Waals surface area contributed by atoms with E-state index in [1.807, 2.05) is 13.0 Å². The minimum atomic E-state index is -0.213. The van der Waals surface area contributed by atoms with Crippen molar-refractivity contribution in [1.29, 1.82) is 5.26 Å². The van der Waals surface area contributed by atoms with Crippen molar-refractivity contribution in [2.24, 2.45) is 5.41 Å². The SMILES string of the molecule is CCCCC1(C)CCN(c2nc(C)c(-c3ccc(Cl)c(C#N)c3Cl)nc2CO)CC1. The minimum absolute atomic E-state index is 0.213. The van der Waals surface area contributed by atoms with Crippen molar-refractivity contribution < 1.29 is 5.11 Å². The Kier molecular flexibility index (Phi) is 7.23. The maximum Gasteiger partial charge on any atom is 0.153 e. The lowest BCUT2D eigenvalue weighted by Crippen LogP contribution is -2.40. The van der Waals surface area contributed by atoms with Gasteiger partial charge in [0.05, 0.1) is 33.6 Å². The van der Waals surface area contributed by atoms with Gasteiger partial charge in [0.15, 0.2) is 5.82 Å².